The van der Waals surface area contributed by atoms with Gasteiger partial charge in [0.05, 0.1) is 11.6 Å². The predicted octanol–water partition coefficient (Wildman–Crippen LogP) is 3.15. The van der Waals surface area contributed by atoms with Crippen LogP contribution in [-0.4, -0.2) is 0 Å². The second-order valence-electron chi connectivity index (χ2n) is 2.98. The molecule has 0 amide bonds. The molecule has 2 heteroatoms. The van der Waals surface area contributed by atoms with Crippen molar-refractivity contribution < 1.29 is 4.74 Å². The molecule has 71 valence electrons. The Morgan fingerprint density at radius 1 is 1.07 bits per heavy atom. The third-order valence-electron chi connectivity index (χ3n) is 1.89. The Bertz CT molecular complexity index is 485. The molecule has 1 radical (unpaired) electrons. The molecular weight excluding hydrogens is 186 g/mol. The van der Waals surface area contributed by atoms with Gasteiger partial charge >= 0.3 is 0 Å². The maximum absolute atomic E-state index is 8.72. The molecule has 0 N–H and O–H groups in total. The Morgan fingerprint density at radius 2 is 1.87 bits per heavy atom. The molecule has 0 spiro atoms. The van der Waals surface area contributed by atoms with Crippen LogP contribution < -0.4 is 4.74 Å². The summed E-state index contributed by atoms with van der Waals surface area (Å²) in [6, 6.07) is 19.2. The topological polar surface area (TPSA) is 33.0 Å². The van der Waals surface area contributed by atoms with Crippen molar-refractivity contribution in [3.8, 4) is 17.6 Å². The standard InChI is InChI=1S/C13H8NO/c14-10-11-5-4-8-13(9-11)15-12-6-2-1-3-7-12/h2-9H. The first-order valence-electron chi connectivity index (χ1n) is 4.52. The maximum atomic E-state index is 8.72. The molecule has 0 aromatic heterocycles. The minimum Gasteiger partial charge on any atom is -0.457 e. The van der Waals surface area contributed by atoms with Crippen molar-refractivity contribution in [2.24, 2.45) is 0 Å². The van der Waals surface area contributed by atoms with Gasteiger partial charge in [0.15, 0.2) is 0 Å². The number of ether oxygens (including phenoxy) is 1. The van der Waals surface area contributed by atoms with Gasteiger partial charge < -0.3 is 4.74 Å². The van der Waals surface area contributed by atoms with Crippen LogP contribution in [0.2, 0.25) is 0 Å². The lowest BCUT2D eigenvalue weighted by atomic mass is 10.2. The van der Waals surface area contributed by atoms with Gasteiger partial charge in [-0.1, -0.05) is 18.2 Å². The highest BCUT2D eigenvalue weighted by Gasteiger charge is 1.97. The van der Waals surface area contributed by atoms with Crippen molar-refractivity contribution in [2.75, 3.05) is 0 Å². The fourth-order valence-corrected chi connectivity index (χ4v) is 1.20. The Kier molecular flexibility index (Phi) is 2.66. The van der Waals surface area contributed by atoms with E-state index in [1.165, 1.54) is 0 Å². The third-order valence-corrected chi connectivity index (χ3v) is 1.89. The predicted molar refractivity (Wildman–Crippen MR) is 56.5 cm³/mol. The van der Waals surface area contributed by atoms with Crippen molar-refractivity contribution >= 4 is 0 Å². The van der Waals surface area contributed by atoms with E-state index in [4.69, 9.17) is 10.00 Å². The zero-order valence-corrected chi connectivity index (χ0v) is 7.97. The second-order valence-corrected chi connectivity index (χ2v) is 2.98. The Morgan fingerprint density at radius 3 is 2.60 bits per heavy atom. The van der Waals surface area contributed by atoms with Gasteiger partial charge in [-0.2, -0.15) is 5.26 Å². The molecule has 0 aliphatic rings. The Hall–Kier alpha value is -2.27. The van der Waals surface area contributed by atoms with Crippen LogP contribution in [0.4, 0.5) is 0 Å². The maximum Gasteiger partial charge on any atom is 0.128 e. The fraction of sp³-hybridized carbons (Fsp3) is 0. The van der Waals surface area contributed by atoms with E-state index in [9.17, 15) is 0 Å². The van der Waals surface area contributed by atoms with Crippen LogP contribution in [0.1, 0.15) is 5.56 Å². The number of rotatable bonds is 2. The van der Waals surface area contributed by atoms with Crippen molar-refractivity contribution in [1.29, 1.82) is 5.26 Å². The third kappa shape index (κ3) is 2.35. The van der Waals surface area contributed by atoms with Gasteiger partial charge in [0.2, 0.25) is 0 Å². The molecule has 0 atom stereocenters. The first kappa shape index (κ1) is 9.29. The minimum absolute atomic E-state index is 0.593. The summed E-state index contributed by atoms with van der Waals surface area (Å²) in [4.78, 5) is 0. The summed E-state index contributed by atoms with van der Waals surface area (Å²) in [5.74, 6) is 1.41. The largest absolute Gasteiger partial charge is 0.457 e. The number of hydrogen-bond acceptors (Lipinski definition) is 2. The average Bonchev–Trinajstić information content (AvgIpc) is 2.31. The molecule has 0 bridgehead atoms. The second kappa shape index (κ2) is 4.30. The highest BCUT2D eigenvalue weighted by Crippen LogP contribution is 2.21. The van der Waals surface area contributed by atoms with E-state index in [0.717, 1.165) is 5.75 Å². The molecule has 2 aromatic rings. The van der Waals surface area contributed by atoms with Crippen LogP contribution in [0.25, 0.3) is 0 Å². The molecule has 15 heavy (non-hydrogen) atoms. The Balaban J connectivity index is 2.22. The molecular formula is C13H8NO. The zero-order chi connectivity index (χ0) is 10.5. The van der Waals surface area contributed by atoms with E-state index in [-0.39, 0.29) is 0 Å². The van der Waals surface area contributed by atoms with Gasteiger partial charge in [-0.05, 0) is 36.4 Å². The zero-order valence-electron chi connectivity index (χ0n) is 7.97. The molecule has 0 aliphatic heterocycles. The summed E-state index contributed by atoms with van der Waals surface area (Å²) in [5.41, 5.74) is 0.593. The van der Waals surface area contributed by atoms with Crippen LogP contribution >= 0.6 is 0 Å². The quantitative estimate of drug-likeness (QED) is 0.735. The van der Waals surface area contributed by atoms with E-state index >= 15 is 0 Å². The van der Waals surface area contributed by atoms with E-state index < -0.39 is 0 Å². The van der Waals surface area contributed by atoms with Gasteiger partial charge in [-0.3, -0.25) is 0 Å². The summed E-state index contributed by atoms with van der Waals surface area (Å²) in [5, 5.41) is 8.72. The first-order chi connectivity index (χ1) is 7.38. The van der Waals surface area contributed by atoms with E-state index in [0.29, 0.717) is 11.3 Å². The van der Waals surface area contributed by atoms with Crippen LogP contribution in [0.15, 0.2) is 48.5 Å². The van der Waals surface area contributed by atoms with E-state index in [2.05, 4.69) is 12.1 Å². The van der Waals surface area contributed by atoms with E-state index in [1.807, 2.05) is 18.2 Å². The fourth-order valence-electron chi connectivity index (χ4n) is 1.20. The van der Waals surface area contributed by atoms with Crippen molar-refractivity contribution in [2.45, 2.75) is 0 Å². The minimum atomic E-state index is 0.593. The summed E-state index contributed by atoms with van der Waals surface area (Å²) in [6.07, 6.45) is 0. The highest BCUT2D eigenvalue weighted by molar-refractivity contribution is 5.38. The van der Waals surface area contributed by atoms with Crippen LogP contribution in [0.5, 0.6) is 11.5 Å². The average molecular weight is 194 g/mol. The van der Waals surface area contributed by atoms with Crippen LogP contribution in [0, 0.1) is 17.4 Å². The smallest absolute Gasteiger partial charge is 0.128 e. The van der Waals surface area contributed by atoms with Gasteiger partial charge in [-0.15, -0.1) is 0 Å². The SMILES string of the molecule is N#Cc1cccc(Oc2cc[c]cc2)c1. The molecule has 2 rings (SSSR count). The van der Waals surface area contributed by atoms with Gasteiger partial charge in [-0.25, -0.2) is 0 Å². The van der Waals surface area contributed by atoms with Crippen LogP contribution in [0.3, 0.4) is 0 Å². The van der Waals surface area contributed by atoms with Gasteiger partial charge in [0.1, 0.15) is 11.5 Å². The summed E-state index contributed by atoms with van der Waals surface area (Å²) in [6.45, 7) is 0. The number of hydrogen-bond donors (Lipinski definition) is 0. The lowest BCUT2D eigenvalue weighted by molar-refractivity contribution is 0.482. The molecule has 0 saturated carbocycles. The lowest BCUT2D eigenvalue weighted by Gasteiger charge is -2.04. The highest BCUT2D eigenvalue weighted by atomic mass is 16.5. The van der Waals surface area contributed by atoms with Crippen LogP contribution in [-0.2, 0) is 0 Å². The first-order valence-corrected chi connectivity index (χ1v) is 4.52. The molecule has 0 fully saturated rings. The monoisotopic (exact) mass is 194 g/mol. The van der Waals surface area contributed by atoms with Gasteiger partial charge in [0.25, 0.3) is 0 Å². The molecule has 2 nitrogen and oxygen atoms in total. The normalized spacial score (nSPS) is 9.27. The summed E-state index contributed by atoms with van der Waals surface area (Å²) >= 11 is 0. The molecule has 0 aliphatic carbocycles. The Labute approximate surface area is 88.4 Å². The number of benzene rings is 2. The van der Waals surface area contributed by atoms with Gasteiger partial charge in [0, 0.05) is 0 Å². The number of nitrogens with zero attached hydrogens (tertiary/aromatic N) is 1. The lowest BCUT2D eigenvalue weighted by Crippen LogP contribution is -1.84. The summed E-state index contributed by atoms with van der Waals surface area (Å²) in [7, 11) is 0. The molecule has 2 aromatic carbocycles. The number of nitriles is 1. The van der Waals surface area contributed by atoms with E-state index in [1.54, 1.807) is 30.3 Å². The summed E-state index contributed by atoms with van der Waals surface area (Å²) < 4.78 is 5.55. The molecule has 0 heterocycles. The molecule has 0 unspecified atom stereocenters. The van der Waals surface area contributed by atoms with Crippen molar-refractivity contribution in [3.63, 3.8) is 0 Å². The molecule has 0 saturated heterocycles. The van der Waals surface area contributed by atoms with Crippen molar-refractivity contribution in [1.82, 2.24) is 0 Å². The van der Waals surface area contributed by atoms with Crippen molar-refractivity contribution in [3.05, 3.63) is 60.2 Å².